The Hall–Kier alpha value is -5.54. The zero-order valence-corrected chi connectivity index (χ0v) is 58.2. The number of carbonyl (C=O) groups is 10. The van der Waals surface area contributed by atoms with Crippen LogP contribution in [0.5, 0.6) is 0 Å². The lowest BCUT2D eigenvalue weighted by Gasteiger charge is -2.42. The molecule has 0 amide bonds. The van der Waals surface area contributed by atoms with E-state index in [0.717, 1.165) is 12.8 Å². The van der Waals surface area contributed by atoms with E-state index in [0.29, 0.717) is 52.0 Å². The first kappa shape index (κ1) is 81.7. The van der Waals surface area contributed by atoms with E-state index in [2.05, 4.69) is 0 Å². The molecule has 0 aromatic rings. The molecule has 3 rings (SSSR count). The van der Waals surface area contributed by atoms with Gasteiger partial charge in [-0.05, 0) is 166 Å². The number of hydrogen-bond donors (Lipinski definition) is 2. The molecule has 0 radical (unpaired) electrons. The second kappa shape index (κ2) is 38.9. The van der Waals surface area contributed by atoms with Crippen molar-refractivity contribution in [2.75, 3.05) is 121 Å². The molecular weight excluding hydrogens is 1220 g/mol. The number of rotatable bonds is 21. The molecular formula is C67H112N2O24. The standard InChI is InChI=1S/C67H112N2O24/c1-15-47-39-63(6,57(77)89-31-25-69(13)14)43-67(10,59(79)91-33-27-71)45-65(8,61(81)93-51-23-19-21-29-83-51)41-48(16-2)54(74)85-35-34-84-52(72)46(4)38-62(5,56(76)88-30-24-68(11)12)42-66(9,58(78)90-32-26-70)44-64(7,60(80)92-50-22-18-20-28-82-50)40-49(17-3)55(75)87-37-36-86-53(47)73/h46-51,70-71H,15-45H2,1-14H3. The number of hydrogen-bond acceptors (Lipinski definition) is 26. The topological polar surface area (TPSA) is 328 Å². The van der Waals surface area contributed by atoms with Crippen LogP contribution in [0.2, 0.25) is 0 Å². The summed E-state index contributed by atoms with van der Waals surface area (Å²) in [6.07, 6.45) is -0.795. The smallest absolute Gasteiger partial charge is 0.314 e. The van der Waals surface area contributed by atoms with Gasteiger partial charge in [-0.1, -0.05) is 27.7 Å². The molecule has 0 aromatic heterocycles. The van der Waals surface area contributed by atoms with Gasteiger partial charge in [0.2, 0.25) is 12.6 Å². The van der Waals surface area contributed by atoms with Gasteiger partial charge in [-0.2, -0.15) is 0 Å². The van der Waals surface area contributed by atoms with Gasteiger partial charge < -0.3 is 76.9 Å². The molecule has 12 unspecified atom stereocenters. The Labute approximate surface area is 550 Å². The lowest BCUT2D eigenvalue weighted by atomic mass is 9.61. The summed E-state index contributed by atoms with van der Waals surface area (Å²) in [5.74, 6) is -12.5. The Morgan fingerprint density at radius 2 is 0.710 bits per heavy atom. The number of ether oxygens (including phenoxy) is 12. The average Bonchev–Trinajstić information content (AvgIpc) is 0.784. The Bertz CT molecular complexity index is 2430. The maximum atomic E-state index is 14.9. The summed E-state index contributed by atoms with van der Waals surface area (Å²) in [5.41, 5.74) is -10.6. The van der Waals surface area contributed by atoms with Gasteiger partial charge in [0.1, 0.15) is 52.9 Å². The van der Waals surface area contributed by atoms with Gasteiger partial charge in [0.05, 0.1) is 82.6 Å². The van der Waals surface area contributed by atoms with E-state index in [9.17, 15) is 58.2 Å². The highest BCUT2D eigenvalue weighted by atomic mass is 16.7. The monoisotopic (exact) mass is 1330 g/mol. The lowest BCUT2D eigenvalue weighted by Crippen LogP contribution is -2.48. The summed E-state index contributed by atoms with van der Waals surface area (Å²) >= 11 is 0. The third-order valence-electron chi connectivity index (χ3n) is 17.9. The van der Waals surface area contributed by atoms with Crippen LogP contribution in [0.3, 0.4) is 0 Å². The number of aliphatic hydroxyl groups is 2. The summed E-state index contributed by atoms with van der Waals surface area (Å²) < 4.78 is 69.7. The molecule has 0 saturated carbocycles. The van der Waals surface area contributed by atoms with Crippen LogP contribution in [0.25, 0.3) is 0 Å². The molecule has 12 atom stereocenters. The van der Waals surface area contributed by atoms with Crippen LogP contribution >= 0.6 is 0 Å². The Balaban J connectivity index is 2.30. The summed E-state index contributed by atoms with van der Waals surface area (Å²) in [6, 6.07) is 0. The molecule has 0 aromatic carbocycles. The fraction of sp³-hybridized carbons (Fsp3) is 0.851. The molecule has 3 aliphatic rings. The number of esters is 10. The molecule has 3 heterocycles. The largest absolute Gasteiger partial charge is 0.464 e. The highest BCUT2D eigenvalue weighted by Crippen LogP contribution is 2.52. The van der Waals surface area contributed by atoms with Crippen molar-refractivity contribution in [2.45, 2.75) is 191 Å². The average molecular weight is 1330 g/mol. The second-order valence-electron chi connectivity index (χ2n) is 27.8. The fourth-order valence-corrected chi connectivity index (χ4v) is 13.2. The van der Waals surface area contributed by atoms with E-state index < -0.39 is 207 Å². The first-order valence-corrected chi connectivity index (χ1v) is 33.2. The number of aliphatic hydroxyl groups excluding tert-OH is 2. The van der Waals surface area contributed by atoms with E-state index in [-0.39, 0.29) is 58.2 Å². The molecule has 3 fully saturated rings. The minimum atomic E-state index is -1.83. The van der Waals surface area contributed by atoms with Crippen LogP contribution in [0.1, 0.15) is 178 Å². The normalized spacial score (nSPS) is 31.7. The second-order valence-corrected chi connectivity index (χ2v) is 27.8. The van der Waals surface area contributed by atoms with Crippen molar-refractivity contribution in [1.29, 1.82) is 0 Å². The Kier molecular flexibility index (Phi) is 34.1. The third kappa shape index (κ3) is 25.9. The molecule has 3 saturated heterocycles. The van der Waals surface area contributed by atoms with E-state index in [1.54, 1.807) is 58.8 Å². The highest BCUT2D eigenvalue weighted by Gasteiger charge is 2.56. The number of likely N-dealkylation sites (N-methyl/N-ethyl adjacent to an activating group) is 2. The molecule has 26 heteroatoms. The van der Waals surface area contributed by atoms with E-state index >= 15 is 0 Å². The molecule has 534 valence electrons. The number of cyclic esters (lactones) is 4. The predicted octanol–water partition coefficient (Wildman–Crippen LogP) is 6.47. The molecule has 93 heavy (non-hydrogen) atoms. The summed E-state index contributed by atoms with van der Waals surface area (Å²) in [5, 5.41) is 19.8. The highest BCUT2D eigenvalue weighted by molar-refractivity contribution is 5.86. The van der Waals surface area contributed by atoms with Gasteiger partial charge in [0.15, 0.2) is 0 Å². The van der Waals surface area contributed by atoms with Crippen LogP contribution in [-0.2, 0) is 105 Å². The quantitative estimate of drug-likeness (QED) is 0.0918. The first-order valence-electron chi connectivity index (χ1n) is 33.2. The van der Waals surface area contributed by atoms with E-state index in [1.807, 2.05) is 0 Å². The predicted molar refractivity (Wildman–Crippen MR) is 334 cm³/mol. The number of nitrogens with zero attached hydrogens (tertiary/aromatic N) is 2. The molecule has 0 spiro atoms. The van der Waals surface area contributed by atoms with Gasteiger partial charge in [-0.15, -0.1) is 0 Å². The van der Waals surface area contributed by atoms with Crippen molar-refractivity contribution in [3.05, 3.63) is 0 Å². The van der Waals surface area contributed by atoms with Gasteiger partial charge in [-0.25, -0.2) is 0 Å². The van der Waals surface area contributed by atoms with Crippen LogP contribution in [0.4, 0.5) is 0 Å². The molecule has 0 bridgehead atoms. The van der Waals surface area contributed by atoms with Crippen LogP contribution < -0.4 is 0 Å². The van der Waals surface area contributed by atoms with Crippen molar-refractivity contribution in [1.82, 2.24) is 9.80 Å². The maximum Gasteiger partial charge on any atom is 0.314 e. The van der Waals surface area contributed by atoms with E-state index in [1.165, 1.54) is 48.5 Å². The van der Waals surface area contributed by atoms with Crippen LogP contribution in [0, 0.1) is 56.2 Å². The van der Waals surface area contributed by atoms with Crippen molar-refractivity contribution in [3.63, 3.8) is 0 Å². The van der Waals surface area contributed by atoms with Crippen molar-refractivity contribution >= 4 is 59.7 Å². The third-order valence-corrected chi connectivity index (χ3v) is 17.9. The maximum absolute atomic E-state index is 14.9. The van der Waals surface area contributed by atoms with Crippen molar-refractivity contribution in [3.8, 4) is 0 Å². The number of carbonyl (C=O) groups excluding carboxylic acids is 10. The van der Waals surface area contributed by atoms with Gasteiger partial charge in [0.25, 0.3) is 0 Å². The molecule has 3 aliphatic heterocycles. The first-order chi connectivity index (χ1) is 43.7. The summed E-state index contributed by atoms with van der Waals surface area (Å²) in [7, 11) is 7.12. The van der Waals surface area contributed by atoms with Crippen LogP contribution in [0.15, 0.2) is 0 Å². The minimum absolute atomic E-state index is 0.0818. The molecule has 0 aliphatic carbocycles. The van der Waals surface area contributed by atoms with E-state index in [4.69, 9.17) is 56.8 Å². The Morgan fingerprint density at radius 3 is 1.00 bits per heavy atom. The lowest BCUT2D eigenvalue weighted by molar-refractivity contribution is -0.202. The van der Waals surface area contributed by atoms with Crippen LogP contribution in [-0.4, -0.2) is 213 Å². The molecule has 2 N–H and O–H groups in total. The SMILES string of the molecule is CCC1CC(C)(C(=O)OCCN(C)C)CC(C)(C(=O)OCCO)CC(C)(C(=O)OC2CCCCO2)CC(CC)C(=O)OCCOC(=O)C(C)CC(C)(C(=O)OCCN(C)C)CC(C)(C(=O)OCCO)CC(C)(C(=O)OC2CCCCO2)CC(CC)C(=O)OCCOC1=O. The summed E-state index contributed by atoms with van der Waals surface area (Å²) in [4.78, 5) is 149. The zero-order chi connectivity index (χ0) is 69.8. The summed E-state index contributed by atoms with van der Waals surface area (Å²) in [6.45, 7) is 12.9. The van der Waals surface area contributed by atoms with Gasteiger partial charge in [-0.3, -0.25) is 47.9 Å². The fourth-order valence-electron chi connectivity index (χ4n) is 13.2. The minimum Gasteiger partial charge on any atom is -0.464 e. The van der Waals surface area contributed by atoms with Crippen molar-refractivity contribution < 1.29 is 115 Å². The zero-order valence-electron chi connectivity index (χ0n) is 58.2. The molecule has 26 nitrogen and oxygen atoms in total. The van der Waals surface area contributed by atoms with Gasteiger partial charge >= 0.3 is 59.7 Å². The van der Waals surface area contributed by atoms with Gasteiger partial charge in [0, 0.05) is 25.9 Å². The Morgan fingerprint density at radius 1 is 0.419 bits per heavy atom. The van der Waals surface area contributed by atoms with Crippen molar-refractivity contribution in [2.24, 2.45) is 56.2 Å².